The van der Waals surface area contributed by atoms with Crippen LogP contribution in [-0.4, -0.2) is 55.0 Å². The van der Waals surface area contributed by atoms with Crippen LogP contribution in [0.2, 0.25) is 0 Å². The largest absolute Gasteiger partial charge is 0.394 e. The Morgan fingerprint density at radius 3 is 2.33 bits per heavy atom. The molecule has 7 nitrogen and oxygen atoms in total. The first kappa shape index (κ1) is 23.2. The van der Waals surface area contributed by atoms with Gasteiger partial charge in [-0.25, -0.2) is 0 Å². The number of hydrogen-bond donors (Lipinski definition) is 3. The minimum absolute atomic E-state index is 0.0508. The van der Waals surface area contributed by atoms with Gasteiger partial charge in [0.15, 0.2) is 0 Å². The fourth-order valence-corrected chi connectivity index (χ4v) is 4.15. The van der Waals surface area contributed by atoms with E-state index in [9.17, 15) is 14.7 Å². The Morgan fingerprint density at radius 1 is 0.939 bits per heavy atom. The first-order chi connectivity index (χ1) is 16.1. The first-order valence-electron chi connectivity index (χ1n) is 11.4. The van der Waals surface area contributed by atoms with Gasteiger partial charge < -0.3 is 25.2 Å². The lowest BCUT2D eigenvalue weighted by Crippen LogP contribution is -2.50. The third-order valence-corrected chi connectivity index (χ3v) is 6.03. The maximum atomic E-state index is 12.5. The van der Waals surface area contributed by atoms with Crippen LogP contribution in [0.4, 0.5) is 5.69 Å². The zero-order valence-electron chi connectivity index (χ0n) is 18.5. The van der Waals surface area contributed by atoms with Crippen LogP contribution in [0.3, 0.4) is 0 Å². The molecule has 2 aliphatic heterocycles. The molecule has 3 N–H and O–H groups in total. The molecule has 0 aromatic heterocycles. The number of amides is 2. The van der Waals surface area contributed by atoms with E-state index in [0.717, 1.165) is 11.1 Å². The molecule has 7 heteroatoms. The van der Waals surface area contributed by atoms with Crippen LogP contribution in [0, 0.1) is 5.92 Å². The second-order valence-electron chi connectivity index (χ2n) is 8.40. The summed E-state index contributed by atoms with van der Waals surface area (Å²) in [4.78, 5) is 25.0. The van der Waals surface area contributed by atoms with Crippen molar-refractivity contribution < 1.29 is 24.2 Å². The Bertz CT molecular complexity index is 954. The Hall–Kier alpha value is -3.00. The van der Waals surface area contributed by atoms with E-state index in [1.165, 1.54) is 0 Å². The zero-order valence-corrected chi connectivity index (χ0v) is 18.5. The molecule has 1 fully saturated rings. The molecular formula is C26H30N2O5. The summed E-state index contributed by atoms with van der Waals surface area (Å²) in [6, 6.07) is 17.3. The number of rotatable bonds is 7. The van der Waals surface area contributed by atoms with Crippen LogP contribution in [0.1, 0.15) is 19.3 Å². The highest BCUT2D eigenvalue weighted by Gasteiger charge is 2.31. The predicted molar refractivity (Wildman–Crippen MR) is 125 cm³/mol. The monoisotopic (exact) mass is 450 g/mol. The molecule has 0 spiro atoms. The summed E-state index contributed by atoms with van der Waals surface area (Å²) in [5, 5.41) is 15.6. The highest BCUT2D eigenvalue weighted by Crippen LogP contribution is 2.22. The van der Waals surface area contributed by atoms with Crippen molar-refractivity contribution in [1.29, 1.82) is 0 Å². The minimum Gasteiger partial charge on any atom is -0.394 e. The summed E-state index contributed by atoms with van der Waals surface area (Å²) in [5.41, 5.74) is 2.90. The molecule has 2 aromatic rings. The van der Waals surface area contributed by atoms with Crippen molar-refractivity contribution in [2.45, 2.75) is 37.5 Å². The van der Waals surface area contributed by atoms with Crippen molar-refractivity contribution in [3.63, 3.8) is 0 Å². The van der Waals surface area contributed by atoms with Gasteiger partial charge >= 0.3 is 0 Å². The summed E-state index contributed by atoms with van der Waals surface area (Å²) >= 11 is 0. The minimum atomic E-state index is -0.596. The van der Waals surface area contributed by atoms with Crippen molar-refractivity contribution in [1.82, 2.24) is 5.32 Å². The molecule has 2 aromatic carbocycles. The van der Waals surface area contributed by atoms with E-state index in [1.54, 1.807) is 6.08 Å². The van der Waals surface area contributed by atoms with Crippen LogP contribution in [0.25, 0.3) is 11.1 Å². The fourth-order valence-electron chi connectivity index (χ4n) is 4.15. The molecule has 0 aliphatic carbocycles. The molecule has 0 bridgehead atoms. The van der Waals surface area contributed by atoms with Crippen LogP contribution >= 0.6 is 0 Å². The van der Waals surface area contributed by atoms with Gasteiger partial charge in [-0.05, 0) is 36.1 Å². The van der Waals surface area contributed by atoms with Gasteiger partial charge in [0.05, 0.1) is 25.2 Å². The summed E-state index contributed by atoms with van der Waals surface area (Å²) < 4.78 is 11.2. The Morgan fingerprint density at radius 2 is 1.64 bits per heavy atom. The molecule has 3 atom stereocenters. The fraction of sp³-hybridized carbons (Fsp3) is 0.385. The average molecular weight is 451 g/mol. The van der Waals surface area contributed by atoms with Crippen molar-refractivity contribution in [2.75, 3.05) is 25.1 Å². The van der Waals surface area contributed by atoms with Crippen LogP contribution in [-0.2, 0) is 19.1 Å². The highest BCUT2D eigenvalue weighted by atomic mass is 16.5. The third-order valence-electron chi connectivity index (χ3n) is 6.03. The number of aliphatic hydroxyl groups excluding tert-OH is 1. The smallest absolute Gasteiger partial charge is 0.227 e. The molecule has 174 valence electrons. The van der Waals surface area contributed by atoms with Crippen molar-refractivity contribution in [3.05, 3.63) is 66.7 Å². The summed E-state index contributed by atoms with van der Waals surface area (Å²) in [6.45, 7) is 0.928. The van der Waals surface area contributed by atoms with E-state index in [-0.39, 0.29) is 30.8 Å². The van der Waals surface area contributed by atoms with Gasteiger partial charge in [0.2, 0.25) is 11.8 Å². The SMILES string of the molecule is O=C(C[C@H]1C=C[C@@H](NC(=O)C2CCOCC2)[C@@H](CO)O1)Nc1ccc(-c2ccccc2)cc1. The maximum absolute atomic E-state index is 12.5. The molecular weight excluding hydrogens is 420 g/mol. The van der Waals surface area contributed by atoms with E-state index >= 15 is 0 Å². The molecule has 0 unspecified atom stereocenters. The molecule has 4 rings (SSSR count). The molecule has 33 heavy (non-hydrogen) atoms. The first-order valence-corrected chi connectivity index (χ1v) is 11.4. The quantitative estimate of drug-likeness (QED) is 0.564. The predicted octanol–water partition coefficient (Wildman–Crippen LogP) is 2.91. The van der Waals surface area contributed by atoms with Crippen molar-refractivity contribution in [2.24, 2.45) is 5.92 Å². The van der Waals surface area contributed by atoms with Crippen LogP contribution in [0.5, 0.6) is 0 Å². The Kier molecular flexibility index (Phi) is 7.88. The van der Waals surface area contributed by atoms with E-state index in [1.807, 2.05) is 60.7 Å². The normalized spacial score (nSPS) is 23.1. The second kappa shape index (κ2) is 11.2. The number of ether oxygens (including phenoxy) is 2. The van der Waals surface area contributed by atoms with Gasteiger partial charge in [-0.1, -0.05) is 54.6 Å². The molecule has 1 saturated heterocycles. The van der Waals surface area contributed by atoms with Crippen LogP contribution in [0.15, 0.2) is 66.7 Å². The summed E-state index contributed by atoms with van der Waals surface area (Å²) in [5.74, 6) is -0.313. The molecule has 0 saturated carbocycles. The van der Waals surface area contributed by atoms with Crippen molar-refractivity contribution in [3.8, 4) is 11.1 Å². The lowest BCUT2D eigenvalue weighted by molar-refractivity contribution is -0.131. The Labute approximate surface area is 193 Å². The van der Waals surface area contributed by atoms with Gasteiger partial charge in [-0.2, -0.15) is 0 Å². The molecule has 0 radical (unpaired) electrons. The van der Waals surface area contributed by atoms with E-state index in [0.29, 0.717) is 31.7 Å². The van der Waals surface area contributed by atoms with Gasteiger partial charge in [0, 0.05) is 24.8 Å². The number of anilines is 1. The number of hydrogen-bond acceptors (Lipinski definition) is 5. The number of aliphatic hydroxyl groups is 1. The third kappa shape index (κ3) is 6.28. The van der Waals surface area contributed by atoms with E-state index in [4.69, 9.17) is 9.47 Å². The van der Waals surface area contributed by atoms with E-state index in [2.05, 4.69) is 10.6 Å². The van der Waals surface area contributed by atoms with Crippen LogP contribution < -0.4 is 10.6 Å². The van der Waals surface area contributed by atoms with Gasteiger partial charge in [-0.3, -0.25) is 9.59 Å². The zero-order chi connectivity index (χ0) is 23.0. The standard InChI is InChI=1S/C26H30N2O5/c29-17-24-23(28-26(31)20-12-14-32-15-13-20)11-10-22(33-24)16-25(30)27-21-8-6-19(7-9-21)18-4-2-1-3-5-18/h1-11,20,22-24,29H,12-17H2,(H,27,30)(H,28,31)/t22-,23-,24-/m1/s1. The topological polar surface area (TPSA) is 96.9 Å². The van der Waals surface area contributed by atoms with Gasteiger partial charge in [0.25, 0.3) is 0 Å². The number of carbonyl (C=O) groups is 2. The second-order valence-corrected chi connectivity index (χ2v) is 8.40. The highest BCUT2D eigenvalue weighted by molar-refractivity contribution is 5.91. The summed E-state index contributed by atoms with van der Waals surface area (Å²) in [7, 11) is 0. The summed E-state index contributed by atoms with van der Waals surface area (Å²) in [6.07, 6.45) is 4.04. The Balaban J connectivity index is 1.29. The maximum Gasteiger partial charge on any atom is 0.227 e. The van der Waals surface area contributed by atoms with Gasteiger partial charge in [-0.15, -0.1) is 0 Å². The van der Waals surface area contributed by atoms with E-state index < -0.39 is 18.2 Å². The average Bonchev–Trinajstić information content (AvgIpc) is 2.86. The number of nitrogens with one attached hydrogen (secondary N) is 2. The lowest BCUT2D eigenvalue weighted by atomic mass is 9.97. The lowest BCUT2D eigenvalue weighted by Gasteiger charge is -2.33. The molecule has 2 aliphatic rings. The molecule has 2 heterocycles. The molecule has 2 amide bonds. The van der Waals surface area contributed by atoms with Gasteiger partial charge in [0.1, 0.15) is 6.10 Å². The number of carbonyl (C=O) groups excluding carboxylic acids is 2. The van der Waals surface area contributed by atoms with Crippen molar-refractivity contribution >= 4 is 17.5 Å². The number of benzene rings is 2.